The molecule has 0 atom stereocenters. The van der Waals surface area contributed by atoms with Gasteiger partial charge in [0.1, 0.15) is 10.8 Å². The average Bonchev–Trinajstić information content (AvgIpc) is 2.82. The third kappa shape index (κ3) is 4.77. The van der Waals surface area contributed by atoms with Gasteiger partial charge in [-0.2, -0.15) is 0 Å². The lowest BCUT2D eigenvalue weighted by Gasteiger charge is -2.10. The second-order valence-corrected chi connectivity index (χ2v) is 7.68. The number of aromatic nitrogens is 1. The van der Waals surface area contributed by atoms with Crippen molar-refractivity contribution in [3.63, 3.8) is 0 Å². The van der Waals surface area contributed by atoms with Crippen LogP contribution in [0.4, 0.5) is 10.1 Å². The fourth-order valence-corrected chi connectivity index (χ4v) is 3.49. The van der Waals surface area contributed by atoms with Crippen molar-refractivity contribution in [3.8, 4) is 5.75 Å². The van der Waals surface area contributed by atoms with E-state index in [1.54, 1.807) is 19.1 Å². The van der Waals surface area contributed by atoms with Crippen molar-refractivity contribution in [2.45, 2.75) is 13.8 Å². The number of thiazole rings is 1. The van der Waals surface area contributed by atoms with E-state index in [0.29, 0.717) is 5.56 Å². The molecule has 0 bridgehead atoms. The van der Waals surface area contributed by atoms with Crippen LogP contribution in [0.3, 0.4) is 0 Å². The number of hydrogen-bond donors (Lipinski definition) is 2. The summed E-state index contributed by atoms with van der Waals surface area (Å²) in [6.07, 6.45) is 2.32. The van der Waals surface area contributed by atoms with Crippen LogP contribution in [0.25, 0.3) is 0 Å². The molecule has 10 heteroatoms. The summed E-state index contributed by atoms with van der Waals surface area (Å²) in [5, 5.41) is 3.05. The average molecular weight is 369 g/mol. The van der Waals surface area contributed by atoms with Crippen LogP contribution in [-0.4, -0.2) is 31.5 Å². The molecule has 1 amide bonds. The number of benzene rings is 1. The lowest BCUT2D eigenvalue weighted by molar-refractivity contribution is -0.131. The molecule has 1 aromatic heterocycles. The van der Waals surface area contributed by atoms with Gasteiger partial charge in [-0.05, 0) is 18.6 Å². The summed E-state index contributed by atoms with van der Waals surface area (Å²) in [6, 6.07) is 4.89. The number of esters is 1. The minimum Gasteiger partial charge on any atom is -0.426 e. The van der Waals surface area contributed by atoms with E-state index in [9.17, 15) is 18.0 Å². The van der Waals surface area contributed by atoms with Crippen LogP contribution in [0.1, 0.15) is 22.8 Å². The van der Waals surface area contributed by atoms with Gasteiger partial charge < -0.3 is 4.74 Å². The molecule has 24 heavy (non-hydrogen) atoms. The zero-order valence-electron chi connectivity index (χ0n) is 13.1. The van der Waals surface area contributed by atoms with Crippen LogP contribution in [0.5, 0.6) is 5.75 Å². The number of aryl methyl sites for hydroxylation is 1. The van der Waals surface area contributed by atoms with E-state index >= 15 is 0 Å². The Kier molecular flexibility index (Phi) is 5.20. The van der Waals surface area contributed by atoms with E-state index in [2.05, 4.69) is 15.0 Å². The van der Waals surface area contributed by atoms with E-state index < -0.39 is 21.9 Å². The number of ether oxygens (including phenoxy) is 1. The summed E-state index contributed by atoms with van der Waals surface area (Å²) < 4.78 is 29.7. The highest BCUT2D eigenvalue weighted by Gasteiger charge is 2.18. The van der Waals surface area contributed by atoms with Crippen molar-refractivity contribution in [1.29, 1.82) is 0 Å². The molecule has 128 valence electrons. The zero-order chi connectivity index (χ0) is 17.9. The molecule has 0 saturated heterocycles. The van der Waals surface area contributed by atoms with Crippen LogP contribution >= 0.6 is 11.3 Å². The van der Waals surface area contributed by atoms with Gasteiger partial charge >= 0.3 is 5.97 Å². The molecule has 0 aliphatic rings. The van der Waals surface area contributed by atoms with Gasteiger partial charge in [0.05, 0.1) is 18.0 Å². The molecule has 0 unspecified atom stereocenters. The fraction of sp³-hybridized carbons (Fsp3) is 0.214. The van der Waals surface area contributed by atoms with Crippen LogP contribution in [0, 0.1) is 6.92 Å². The molecule has 0 spiro atoms. The highest BCUT2D eigenvalue weighted by molar-refractivity contribution is 7.92. The summed E-state index contributed by atoms with van der Waals surface area (Å²) in [4.78, 5) is 27.6. The SMILES string of the molecule is CC(=O)Oc1cccc(C)c1C(=O)Nc1ncc(NS(C)(=O)=O)s1. The Morgan fingerprint density at radius 1 is 1.29 bits per heavy atom. The third-order valence-corrected chi connectivity index (χ3v) is 4.28. The number of rotatable bonds is 5. The lowest BCUT2D eigenvalue weighted by Crippen LogP contribution is -2.16. The number of carbonyl (C=O) groups is 2. The second kappa shape index (κ2) is 6.97. The Morgan fingerprint density at radius 2 is 2.00 bits per heavy atom. The first-order valence-corrected chi connectivity index (χ1v) is 9.39. The monoisotopic (exact) mass is 369 g/mol. The first-order chi connectivity index (χ1) is 11.2. The van der Waals surface area contributed by atoms with Gasteiger partial charge in [0.2, 0.25) is 10.0 Å². The van der Waals surface area contributed by atoms with Gasteiger partial charge in [0, 0.05) is 6.92 Å². The first kappa shape index (κ1) is 17.9. The van der Waals surface area contributed by atoms with Crippen LogP contribution < -0.4 is 14.8 Å². The van der Waals surface area contributed by atoms with E-state index in [1.807, 2.05) is 0 Å². The Morgan fingerprint density at radius 3 is 2.62 bits per heavy atom. The summed E-state index contributed by atoms with van der Waals surface area (Å²) in [6.45, 7) is 2.95. The number of carbonyl (C=O) groups excluding carboxylic acids is 2. The number of anilines is 2. The number of hydrogen-bond acceptors (Lipinski definition) is 7. The number of amides is 1. The predicted molar refractivity (Wildman–Crippen MR) is 91.0 cm³/mol. The summed E-state index contributed by atoms with van der Waals surface area (Å²) >= 11 is 0.967. The molecule has 1 heterocycles. The van der Waals surface area contributed by atoms with Gasteiger partial charge in [-0.25, -0.2) is 13.4 Å². The van der Waals surface area contributed by atoms with E-state index in [1.165, 1.54) is 19.2 Å². The first-order valence-electron chi connectivity index (χ1n) is 6.68. The van der Waals surface area contributed by atoms with Gasteiger partial charge in [0.15, 0.2) is 5.13 Å². The van der Waals surface area contributed by atoms with Gasteiger partial charge in [0.25, 0.3) is 5.91 Å². The molecular weight excluding hydrogens is 354 g/mol. The zero-order valence-corrected chi connectivity index (χ0v) is 14.7. The van der Waals surface area contributed by atoms with E-state index in [-0.39, 0.29) is 21.4 Å². The molecule has 0 aliphatic carbocycles. The fourth-order valence-electron chi connectivity index (χ4n) is 1.89. The molecule has 0 aliphatic heterocycles. The van der Waals surface area contributed by atoms with Crippen molar-refractivity contribution in [3.05, 3.63) is 35.5 Å². The molecular formula is C14H15N3O5S2. The van der Waals surface area contributed by atoms with Crippen LogP contribution in [-0.2, 0) is 14.8 Å². The highest BCUT2D eigenvalue weighted by atomic mass is 32.2. The minimum atomic E-state index is -3.42. The second-order valence-electron chi connectivity index (χ2n) is 4.90. The van der Waals surface area contributed by atoms with E-state index in [0.717, 1.165) is 17.6 Å². The smallest absolute Gasteiger partial charge is 0.308 e. The van der Waals surface area contributed by atoms with Gasteiger partial charge in [-0.1, -0.05) is 23.5 Å². The molecule has 0 saturated carbocycles. The summed E-state index contributed by atoms with van der Waals surface area (Å²) in [5.74, 6) is -0.904. The predicted octanol–water partition coefficient (Wildman–Crippen LogP) is 2.00. The Bertz CT molecular complexity index is 890. The van der Waals surface area contributed by atoms with Crippen molar-refractivity contribution in [1.82, 2.24) is 4.98 Å². The Hall–Kier alpha value is -2.46. The quantitative estimate of drug-likeness (QED) is 0.615. The minimum absolute atomic E-state index is 0.144. The number of nitrogens with zero attached hydrogens (tertiary/aromatic N) is 1. The number of nitrogens with one attached hydrogen (secondary N) is 2. The molecule has 2 aromatic rings. The number of sulfonamides is 1. The lowest BCUT2D eigenvalue weighted by atomic mass is 10.1. The molecule has 2 N–H and O–H groups in total. The van der Waals surface area contributed by atoms with Crippen molar-refractivity contribution >= 4 is 43.4 Å². The highest BCUT2D eigenvalue weighted by Crippen LogP contribution is 2.27. The normalized spacial score (nSPS) is 11.0. The van der Waals surface area contributed by atoms with Crippen LogP contribution in [0.15, 0.2) is 24.4 Å². The molecule has 0 fully saturated rings. The molecule has 1 aromatic carbocycles. The summed E-state index contributed by atoms with van der Waals surface area (Å²) in [7, 11) is -3.42. The Labute approximate surface area is 142 Å². The topological polar surface area (TPSA) is 114 Å². The van der Waals surface area contributed by atoms with Crippen molar-refractivity contribution in [2.24, 2.45) is 0 Å². The van der Waals surface area contributed by atoms with Crippen molar-refractivity contribution in [2.75, 3.05) is 16.3 Å². The van der Waals surface area contributed by atoms with E-state index in [4.69, 9.17) is 4.74 Å². The van der Waals surface area contributed by atoms with Gasteiger partial charge in [-0.15, -0.1) is 0 Å². The summed E-state index contributed by atoms with van der Waals surface area (Å²) in [5.41, 5.74) is 0.831. The molecule has 0 radical (unpaired) electrons. The molecule has 2 rings (SSSR count). The maximum Gasteiger partial charge on any atom is 0.308 e. The standard InChI is InChI=1S/C14H15N3O5S2/c1-8-5-4-6-10(22-9(2)18)12(8)13(19)16-14-15-7-11(23-14)17-24(3,20)21/h4-7,17H,1-3H3,(H,15,16,19). The third-order valence-electron chi connectivity index (χ3n) is 2.73. The maximum atomic E-state index is 12.5. The largest absolute Gasteiger partial charge is 0.426 e. The Balaban J connectivity index is 2.23. The maximum absolute atomic E-state index is 12.5. The molecule has 8 nitrogen and oxygen atoms in total. The van der Waals surface area contributed by atoms with Crippen LogP contribution in [0.2, 0.25) is 0 Å². The van der Waals surface area contributed by atoms with Gasteiger partial charge in [-0.3, -0.25) is 19.6 Å². The van der Waals surface area contributed by atoms with Crippen molar-refractivity contribution < 1.29 is 22.7 Å².